The van der Waals surface area contributed by atoms with Gasteiger partial charge in [-0.15, -0.1) is 0 Å². The number of hydrogen-bond donors (Lipinski definition) is 2. The van der Waals surface area contributed by atoms with Crippen molar-refractivity contribution in [1.82, 2.24) is 5.32 Å². The summed E-state index contributed by atoms with van der Waals surface area (Å²) >= 11 is 0. The number of nitrogens with one attached hydrogen (secondary N) is 1. The lowest BCUT2D eigenvalue weighted by molar-refractivity contribution is -0.217. The molecule has 3 saturated heterocycles. The van der Waals surface area contributed by atoms with Crippen LogP contribution >= 0.6 is 0 Å². The number of hydrogen-bond acceptors (Lipinski definition) is 10. The molecule has 3 aliphatic rings. The van der Waals surface area contributed by atoms with Crippen molar-refractivity contribution in [2.45, 2.75) is 281 Å². The molecule has 396 valence electrons. The molecular weight excluding hydrogens is 921 g/mol. The Morgan fingerprint density at radius 1 is 0.696 bits per heavy atom. The maximum Gasteiger partial charge on any atom is 0.509 e. The highest BCUT2D eigenvalue weighted by atomic mass is 28.4. The minimum Gasteiger partial charge on any atom is -0.424 e. The molecule has 69 heavy (non-hydrogen) atoms. The van der Waals surface area contributed by atoms with Crippen molar-refractivity contribution in [3.8, 4) is 0 Å². The van der Waals surface area contributed by atoms with Crippen molar-refractivity contribution in [2.75, 3.05) is 6.61 Å². The highest BCUT2D eigenvalue weighted by Gasteiger charge is 2.66. The van der Waals surface area contributed by atoms with E-state index in [4.69, 9.17) is 37.6 Å². The van der Waals surface area contributed by atoms with E-state index in [9.17, 15) is 14.4 Å². The minimum absolute atomic E-state index is 0.159. The van der Waals surface area contributed by atoms with E-state index in [0.717, 1.165) is 55.5 Å². The van der Waals surface area contributed by atoms with Crippen LogP contribution in [0.1, 0.15) is 207 Å². The normalized spacial score (nSPS) is 23.0. The molecule has 0 aliphatic carbocycles. The van der Waals surface area contributed by atoms with Crippen LogP contribution in [0.15, 0.2) is 24.3 Å². The van der Waals surface area contributed by atoms with Gasteiger partial charge in [0, 0.05) is 10.1 Å². The van der Waals surface area contributed by atoms with E-state index in [1.807, 2.05) is 0 Å². The summed E-state index contributed by atoms with van der Waals surface area (Å²) in [7, 11) is -7.54. The summed E-state index contributed by atoms with van der Waals surface area (Å²) in [6.45, 7) is 29.1. The van der Waals surface area contributed by atoms with Crippen LogP contribution in [0.3, 0.4) is 0 Å². The van der Waals surface area contributed by atoms with Gasteiger partial charge in [-0.05, 0) is 67.7 Å². The van der Waals surface area contributed by atoms with Gasteiger partial charge in [-0.3, -0.25) is 9.59 Å². The van der Waals surface area contributed by atoms with E-state index in [2.05, 4.69) is 95.3 Å². The van der Waals surface area contributed by atoms with Crippen LogP contribution in [0, 0.1) is 0 Å². The fourth-order valence-corrected chi connectivity index (χ4v) is 22.4. The van der Waals surface area contributed by atoms with Gasteiger partial charge in [0.25, 0.3) is 5.91 Å². The highest BCUT2D eigenvalue weighted by Crippen LogP contribution is 2.56. The number of primary amides is 1. The molecule has 8 atom stereocenters. The van der Waals surface area contributed by atoms with Crippen LogP contribution in [0.2, 0.25) is 46.3 Å². The smallest absolute Gasteiger partial charge is 0.424 e. The van der Waals surface area contributed by atoms with Gasteiger partial charge in [-0.25, -0.2) is 4.79 Å². The topological polar surface area (TPSA) is 154 Å². The second kappa shape index (κ2) is 27.3. The van der Waals surface area contributed by atoms with Crippen molar-refractivity contribution in [2.24, 2.45) is 5.73 Å². The van der Waals surface area contributed by atoms with E-state index < -0.39 is 85.8 Å². The van der Waals surface area contributed by atoms with Gasteiger partial charge in [0.15, 0.2) is 28.8 Å². The summed E-state index contributed by atoms with van der Waals surface area (Å²) in [5, 5.41) is 2.88. The van der Waals surface area contributed by atoms with E-state index in [1.54, 1.807) is 24.3 Å². The third-order valence-corrected chi connectivity index (χ3v) is 30.6. The van der Waals surface area contributed by atoms with E-state index >= 15 is 0 Å². The average molecular weight is 1020 g/mol. The van der Waals surface area contributed by atoms with Gasteiger partial charge in [-0.2, -0.15) is 0 Å². The monoisotopic (exact) mass is 1020 g/mol. The van der Waals surface area contributed by atoms with E-state index in [-0.39, 0.29) is 27.3 Å². The molecule has 0 bridgehead atoms. The molecule has 4 rings (SSSR count). The van der Waals surface area contributed by atoms with Crippen LogP contribution in [0.5, 0.6) is 0 Å². The fourth-order valence-electron chi connectivity index (χ4n) is 11.7. The number of ether oxygens (including phenoxy) is 3. The van der Waals surface area contributed by atoms with Crippen molar-refractivity contribution in [3.63, 3.8) is 0 Å². The molecule has 3 aliphatic heterocycles. The Morgan fingerprint density at radius 2 is 1.19 bits per heavy atom. The molecular formula is C54H98N2O10Si3. The van der Waals surface area contributed by atoms with Crippen molar-refractivity contribution in [3.05, 3.63) is 35.4 Å². The first kappa shape index (κ1) is 59.4. The Hall–Kier alpha value is -2.12. The zero-order chi connectivity index (χ0) is 51.0. The number of amides is 2. The zero-order valence-corrected chi connectivity index (χ0v) is 48.6. The first-order valence-corrected chi connectivity index (χ1v) is 34.5. The summed E-state index contributed by atoms with van der Waals surface area (Å²) in [4.78, 5) is 40.7. The Kier molecular flexibility index (Phi) is 23.5. The Balaban J connectivity index is 1.72. The summed E-state index contributed by atoms with van der Waals surface area (Å²) in [5.41, 5.74) is 6.25. The summed E-state index contributed by atoms with van der Waals surface area (Å²) < 4.78 is 48.3. The van der Waals surface area contributed by atoms with Crippen LogP contribution < -0.4 is 11.1 Å². The molecule has 3 N–H and O–H groups in total. The lowest BCUT2D eigenvalue weighted by Gasteiger charge is -2.56. The molecule has 2 amide bonds. The SMILES string of the molecule is CCCCCCCCCCCCCC[C@@H](O[Si](CC)(CC)CC)[C@@H](O[Si](CC)(CC)CC)[C@H](CC[C@H]1O[C@@H]2CO[Si](C(C)(C)C)(C(C)(C)C)O[C@H]2[C@@H]2OC(=O)O[C@@H]21)NC(=O)c1ccccc1C(N)=O. The Morgan fingerprint density at radius 3 is 1.70 bits per heavy atom. The molecule has 1 aromatic rings. The van der Waals surface area contributed by atoms with E-state index in [0.29, 0.717) is 19.4 Å². The quantitative estimate of drug-likeness (QED) is 0.0417. The lowest BCUT2D eigenvalue weighted by Crippen LogP contribution is -2.70. The summed E-state index contributed by atoms with van der Waals surface area (Å²) in [6, 6.07) is 11.9. The maximum atomic E-state index is 14.8. The first-order valence-electron chi connectivity index (χ1n) is 27.6. The molecule has 0 saturated carbocycles. The highest BCUT2D eigenvalue weighted by molar-refractivity contribution is 6.74. The number of carbonyl (C=O) groups is 3. The van der Waals surface area contributed by atoms with Gasteiger partial charge in [0.2, 0.25) is 5.91 Å². The predicted octanol–water partition coefficient (Wildman–Crippen LogP) is 13.7. The fraction of sp³-hybridized carbons (Fsp3) is 0.833. The van der Waals surface area contributed by atoms with Gasteiger partial charge in [0.05, 0.1) is 42.1 Å². The number of rotatable bonds is 31. The molecule has 12 nitrogen and oxygen atoms in total. The third kappa shape index (κ3) is 15.2. The molecule has 0 unspecified atom stereocenters. The molecule has 0 spiro atoms. The number of carbonyl (C=O) groups excluding carboxylic acids is 3. The number of nitrogens with two attached hydrogens (primary N) is 1. The molecule has 1 aromatic carbocycles. The number of benzene rings is 1. The zero-order valence-electron chi connectivity index (χ0n) is 45.6. The molecule has 3 fully saturated rings. The molecule has 3 heterocycles. The van der Waals surface area contributed by atoms with Gasteiger partial charge in [-0.1, -0.05) is 179 Å². The number of fused-ring (bicyclic) bond motifs is 3. The van der Waals surface area contributed by atoms with E-state index in [1.165, 1.54) is 64.2 Å². The predicted molar refractivity (Wildman–Crippen MR) is 285 cm³/mol. The summed E-state index contributed by atoms with van der Waals surface area (Å²) in [6.07, 6.45) is 12.2. The maximum absolute atomic E-state index is 14.8. The van der Waals surface area contributed by atoms with Gasteiger partial charge < -0.3 is 43.0 Å². The van der Waals surface area contributed by atoms with Crippen LogP contribution in [-0.4, -0.2) is 98.5 Å². The Labute approximate surface area is 422 Å². The molecule has 15 heteroatoms. The Bertz CT molecular complexity index is 1700. The first-order chi connectivity index (χ1) is 32.7. The van der Waals surface area contributed by atoms with Crippen LogP contribution in [-0.2, 0) is 31.9 Å². The second-order valence-electron chi connectivity index (χ2n) is 22.6. The largest absolute Gasteiger partial charge is 0.509 e. The van der Waals surface area contributed by atoms with Crippen LogP contribution in [0.25, 0.3) is 0 Å². The van der Waals surface area contributed by atoms with Crippen molar-refractivity contribution in [1.29, 1.82) is 0 Å². The van der Waals surface area contributed by atoms with Crippen molar-refractivity contribution >= 4 is 43.2 Å². The molecule has 0 radical (unpaired) electrons. The standard InChI is InChI=1S/C54H98N2O10Si3/c1-14-21-22-23-24-25-26-27-28-29-30-31-36-44(64-67(15-2,16-3)17-4)46(65-68(18-5,19-6)20-7)42(56-51(58)41-35-33-32-34-40(41)50(55)57)37-38-43-47-49(63-52(59)62-47)48-45(61-43)39-60-69(66-48,53(8,9)10)54(11,12)13/h32-35,42-49H,14-31,36-39H2,1-13H3,(H2,55,57)(H,56,58)/t42-,43+,44+,45+,46-,47+,48+,49+/m0/s1. The molecule has 0 aromatic heterocycles. The minimum atomic E-state index is -2.95. The lowest BCUT2D eigenvalue weighted by atomic mass is 9.89. The summed E-state index contributed by atoms with van der Waals surface area (Å²) in [5.74, 6) is -1.06. The third-order valence-electron chi connectivity index (χ3n) is 16.2. The van der Waals surface area contributed by atoms with Gasteiger partial charge >= 0.3 is 14.7 Å². The van der Waals surface area contributed by atoms with Crippen molar-refractivity contribution < 1.29 is 46.3 Å². The van der Waals surface area contributed by atoms with Gasteiger partial charge in [0.1, 0.15) is 12.2 Å². The van der Waals surface area contributed by atoms with Crippen LogP contribution in [0.4, 0.5) is 4.79 Å². The number of unbranched alkanes of at least 4 members (excludes halogenated alkanes) is 11. The average Bonchev–Trinajstić information content (AvgIpc) is 3.73. The second-order valence-corrected chi connectivity index (χ2v) is 36.8.